The first-order chi connectivity index (χ1) is 13.0. The Hall–Kier alpha value is -1.20. The Morgan fingerprint density at radius 2 is 1.71 bits per heavy atom. The van der Waals surface area contributed by atoms with Gasteiger partial charge in [-0.3, -0.25) is 9.59 Å². The average molecular weight is 425 g/mol. The van der Waals surface area contributed by atoms with Crippen LogP contribution in [0, 0.1) is 22.7 Å². The summed E-state index contributed by atoms with van der Waals surface area (Å²) >= 11 is 12.3. The monoisotopic (exact) mass is 424 g/mol. The normalized spacial score (nSPS) is 44.6. The Labute approximate surface area is 175 Å². The third-order valence-electron chi connectivity index (χ3n) is 7.13. The van der Waals surface area contributed by atoms with E-state index in [1.54, 1.807) is 25.2 Å². The second kappa shape index (κ2) is 6.66. The summed E-state index contributed by atoms with van der Waals surface area (Å²) in [5.41, 5.74) is -4.86. The van der Waals surface area contributed by atoms with Crippen LogP contribution in [-0.4, -0.2) is 44.7 Å². The zero-order valence-electron chi connectivity index (χ0n) is 16.2. The Balaban J connectivity index is 2.44. The Kier molecular flexibility index (Phi) is 5.12. The second-order valence-electron chi connectivity index (χ2n) is 8.53. The van der Waals surface area contributed by atoms with Crippen molar-refractivity contribution >= 4 is 34.8 Å². The van der Waals surface area contributed by atoms with E-state index in [1.165, 1.54) is 0 Å². The predicted octanol–water partition coefficient (Wildman–Crippen LogP) is 3.36. The molecule has 4 unspecified atom stereocenters. The Bertz CT molecular complexity index is 830. The van der Waals surface area contributed by atoms with E-state index in [9.17, 15) is 19.8 Å². The molecule has 0 saturated heterocycles. The smallest absolute Gasteiger partial charge is 0.191 e. The predicted molar refractivity (Wildman–Crippen MR) is 110 cm³/mol. The molecule has 0 aromatic heterocycles. The van der Waals surface area contributed by atoms with Gasteiger partial charge >= 0.3 is 0 Å². The van der Waals surface area contributed by atoms with Crippen LogP contribution in [0.3, 0.4) is 0 Å². The van der Waals surface area contributed by atoms with E-state index < -0.39 is 45.4 Å². The number of aliphatic hydroxyl groups is 2. The molecule has 2 bridgehead atoms. The number of Topliss-reactive ketones (excluding diaryl/α,β-unsaturated/α-hetero) is 2. The van der Waals surface area contributed by atoms with E-state index in [0.717, 1.165) is 5.57 Å². The second-order valence-corrected chi connectivity index (χ2v) is 9.06. The largest absolute Gasteiger partial charge is 0.380 e. The lowest BCUT2D eigenvalue weighted by molar-refractivity contribution is -0.204. The fourth-order valence-corrected chi connectivity index (χ4v) is 6.62. The number of halogens is 2. The summed E-state index contributed by atoms with van der Waals surface area (Å²) in [5.74, 6) is -3.18. The molecule has 0 heterocycles. The SMILES string of the molecule is C=CCC1=CC2(C)C([C@@H]3C(C)=C[C@@]2(CC=C)C(=O)C3(O)CCl)C(O)(CCl)C1=O. The van der Waals surface area contributed by atoms with Crippen molar-refractivity contribution in [2.45, 2.75) is 37.9 Å². The minimum absolute atomic E-state index is 0.243. The van der Waals surface area contributed by atoms with Crippen LogP contribution in [0.2, 0.25) is 0 Å². The summed E-state index contributed by atoms with van der Waals surface area (Å²) in [6, 6.07) is 0. The number of ketones is 2. The molecule has 1 fully saturated rings. The number of hydrogen-bond donors (Lipinski definition) is 2. The van der Waals surface area contributed by atoms with E-state index >= 15 is 0 Å². The van der Waals surface area contributed by atoms with Crippen LogP contribution in [0.15, 0.2) is 48.6 Å². The molecule has 4 aliphatic rings. The molecule has 6 atom stereocenters. The van der Waals surface area contributed by atoms with Gasteiger partial charge in [-0.05, 0) is 25.3 Å². The molecule has 28 heavy (non-hydrogen) atoms. The third-order valence-corrected chi connectivity index (χ3v) is 7.94. The maximum atomic E-state index is 13.6. The van der Waals surface area contributed by atoms with Crippen LogP contribution in [0.1, 0.15) is 26.7 Å². The van der Waals surface area contributed by atoms with Gasteiger partial charge in [-0.1, -0.05) is 36.8 Å². The molecule has 0 aliphatic heterocycles. The van der Waals surface area contributed by atoms with Crippen molar-refractivity contribution in [3.63, 3.8) is 0 Å². The van der Waals surface area contributed by atoms with Crippen molar-refractivity contribution in [1.29, 1.82) is 0 Å². The number of carbonyl (C=O) groups excluding carboxylic acids is 2. The first-order valence-electron chi connectivity index (χ1n) is 9.33. The van der Waals surface area contributed by atoms with Crippen molar-refractivity contribution in [2.24, 2.45) is 22.7 Å². The maximum absolute atomic E-state index is 13.6. The summed E-state index contributed by atoms with van der Waals surface area (Å²) in [6.45, 7) is 11.2. The highest BCUT2D eigenvalue weighted by Gasteiger charge is 2.76. The molecule has 0 aromatic rings. The van der Waals surface area contributed by atoms with Crippen LogP contribution in [0.25, 0.3) is 0 Å². The summed E-state index contributed by atoms with van der Waals surface area (Å²) in [4.78, 5) is 26.8. The summed E-state index contributed by atoms with van der Waals surface area (Å²) in [5, 5.41) is 22.9. The van der Waals surface area contributed by atoms with Crippen molar-refractivity contribution in [1.82, 2.24) is 0 Å². The number of rotatable bonds is 6. The van der Waals surface area contributed by atoms with Crippen molar-refractivity contribution < 1.29 is 19.8 Å². The van der Waals surface area contributed by atoms with Gasteiger partial charge < -0.3 is 10.2 Å². The van der Waals surface area contributed by atoms with E-state index in [1.807, 2.05) is 13.0 Å². The topological polar surface area (TPSA) is 74.6 Å². The Morgan fingerprint density at radius 3 is 2.21 bits per heavy atom. The lowest BCUT2D eigenvalue weighted by atomic mass is 9.36. The molecule has 0 aromatic carbocycles. The molecule has 0 radical (unpaired) electrons. The number of hydrogen-bond acceptors (Lipinski definition) is 4. The average Bonchev–Trinajstić information content (AvgIpc) is 2.65. The number of fused-ring (bicyclic) bond motifs is 1. The van der Waals surface area contributed by atoms with Gasteiger partial charge in [-0.25, -0.2) is 0 Å². The van der Waals surface area contributed by atoms with E-state index in [2.05, 4.69) is 13.2 Å². The zero-order chi connectivity index (χ0) is 21.1. The van der Waals surface area contributed by atoms with Crippen LogP contribution in [0.5, 0.6) is 0 Å². The van der Waals surface area contributed by atoms with Gasteiger partial charge in [0.15, 0.2) is 11.6 Å². The van der Waals surface area contributed by atoms with Gasteiger partial charge in [0.25, 0.3) is 0 Å². The highest BCUT2D eigenvalue weighted by Crippen LogP contribution is 2.69. The molecule has 1 saturated carbocycles. The fourth-order valence-electron chi connectivity index (χ4n) is 6.04. The summed E-state index contributed by atoms with van der Waals surface area (Å²) in [6.07, 6.45) is 7.36. The van der Waals surface area contributed by atoms with E-state index in [-0.39, 0.29) is 24.6 Å². The third kappa shape index (κ3) is 2.26. The number of allylic oxidation sites excluding steroid dienone is 4. The zero-order valence-corrected chi connectivity index (χ0v) is 17.7. The minimum Gasteiger partial charge on any atom is -0.380 e. The molecule has 4 rings (SSSR count). The first-order valence-corrected chi connectivity index (χ1v) is 10.4. The number of carbonyl (C=O) groups is 2. The highest BCUT2D eigenvalue weighted by molar-refractivity contribution is 6.23. The number of alkyl halides is 2. The van der Waals surface area contributed by atoms with E-state index in [0.29, 0.717) is 5.57 Å². The molecule has 0 amide bonds. The summed E-state index contributed by atoms with van der Waals surface area (Å²) < 4.78 is 0. The highest BCUT2D eigenvalue weighted by atomic mass is 35.5. The van der Waals surface area contributed by atoms with E-state index in [4.69, 9.17) is 23.2 Å². The molecule has 0 spiro atoms. The molecule has 4 nitrogen and oxygen atoms in total. The van der Waals surface area contributed by atoms with Gasteiger partial charge in [0.1, 0.15) is 11.2 Å². The van der Waals surface area contributed by atoms with Crippen LogP contribution in [-0.2, 0) is 9.59 Å². The van der Waals surface area contributed by atoms with Gasteiger partial charge in [-0.2, -0.15) is 0 Å². The molecule has 2 N–H and O–H groups in total. The molecule has 4 aliphatic carbocycles. The lowest BCUT2D eigenvalue weighted by Gasteiger charge is -2.67. The maximum Gasteiger partial charge on any atom is 0.191 e. The van der Waals surface area contributed by atoms with Crippen LogP contribution < -0.4 is 0 Å². The molecule has 6 heteroatoms. The Morgan fingerprint density at radius 1 is 1.11 bits per heavy atom. The summed E-state index contributed by atoms with van der Waals surface area (Å²) in [7, 11) is 0. The van der Waals surface area contributed by atoms with Gasteiger partial charge in [0, 0.05) is 17.3 Å². The minimum atomic E-state index is -1.93. The molecular formula is C22H26Cl2O4. The van der Waals surface area contributed by atoms with Crippen molar-refractivity contribution in [3.8, 4) is 0 Å². The van der Waals surface area contributed by atoms with Gasteiger partial charge in [0.2, 0.25) is 0 Å². The van der Waals surface area contributed by atoms with Crippen molar-refractivity contribution in [3.05, 3.63) is 48.6 Å². The molecule has 152 valence electrons. The standard InChI is InChI=1S/C22H26Cl2O4/c1-5-7-14-10-19(4)16(22(28,12-24)17(14)25)15-13(3)9-20(19,8-6-2)18(26)21(15,27)11-23/h5-6,9-10,15-16,27-28H,1-2,7-8,11-12H2,3-4H3/t15-,16?,19?,20-,21?,22?/m0/s1. The van der Waals surface area contributed by atoms with Gasteiger partial charge in [-0.15, -0.1) is 36.4 Å². The first kappa shape index (κ1) is 21.5. The molecular weight excluding hydrogens is 399 g/mol. The lowest BCUT2D eigenvalue weighted by Crippen LogP contribution is -2.77. The van der Waals surface area contributed by atoms with Crippen molar-refractivity contribution in [2.75, 3.05) is 11.8 Å². The van der Waals surface area contributed by atoms with Gasteiger partial charge in [0.05, 0.1) is 17.2 Å². The quantitative estimate of drug-likeness (QED) is 0.506. The fraction of sp³-hybridized carbons (Fsp3) is 0.545. The van der Waals surface area contributed by atoms with Crippen LogP contribution >= 0.6 is 23.2 Å². The van der Waals surface area contributed by atoms with Crippen LogP contribution in [0.4, 0.5) is 0 Å².